The molecular weight excluding hydrogens is 410 g/mol. The van der Waals surface area contributed by atoms with Crippen molar-refractivity contribution in [3.63, 3.8) is 0 Å². The summed E-state index contributed by atoms with van der Waals surface area (Å²) in [5, 5.41) is 20.6. The summed E-state index contributed by atoms with van der Waals surface area (Å²) >= 11 is 7.92. The SMILES string of the molecule is C[C@]1(c2ccc([N+](=O)[O-])cc2)Oc2ccc(Cl)cc2[C@H]2CC(c3cccs3)=NN21. The third kappa shape index (κ3) is 2.89. The van der Waals surface area contributed by atoms with Crippen LogP contribution in [0, 0.1) is 10.1 Å². The fraction of sp³-hybridized carbons (Fsp3) is 0.190. The zero-order valence-corrected chi connectivity index (χ0v) is 17.0. The molecule has 0 saturated heterocycles. The molecule has 0 fully saturated rings. The van der Waals surface area contributed by atoms with Gasteiger partial charge in [0.05, 0.1) is 21.6 Å². The summed E-state index contributed by atoms with van der Waals surface area (Å²) in [6.07, 6.45) is 0.736. The van der Waals surface area contributed by atoms with Gasteiger partial charge in [0.1, 0.15) is 5.75 Å². The zero-order chi connectivity index (χ0) is 20.2. The number of halogens is 1. The van der Waals surface area contributed by atoms with Crippen molar-refractivity contribution >= 4 is 34.3 Å². The first kappa shape index (κ1) is 18.1. The van der Waals surface area contributed by atoms with Crippen molar-refractivity contribution in [1.82, 2.24) is 5.01 Å². The molecule has 0 N–H and O–H groups in total. The monoisotopic (exact) mass is 425 g/mol. The van der Waals surface area contributed by atoms with Gasteiger partial charge in [-0.3, -0.25) is 10.1 Å². The van der Waals surface area contributed by atoms with Crippen LogP contribution in [0.4, 0.5) is 5.69 Å². The summed E-state index contributed by atoms with van der Waals surface area (Å²) in [7, 11) is 0. The van der Waals surface area contributed by atoms with Crippen LogP contribution < -0.4 is 4.74 Å². The highest BCUT2D eigenvalue weighted by Gasteiger charge is 2.49. The highest BCUT2D eigenvalue weighted by atomic mass is 35.5. The van der Waals surface area contributed by atoms with E-state index >= 15 is 0 Å². The minimum Gasteiger partial charge on any atom is -0.462 e. The quantitative estimate of drug-likeness (QED) is 0.397. The number of hydrogen-bond acceptors (Lipinski definition) is 6. The lowest BCUT2D eigenvalue weighted by molar-refractivity contribution is -0.384. The van der Waals surface area contributed by atoms with Crippen LogP contribution in [0.1, 0.15) is 35.4 Å². The minimum atomic E-state index is -0.903. The van der Waals surface area contributed by atoms with Crippen LogP contribution in [0.2, 0.25) is 5.02 Å². The maximum absolute atomic E-state index is 11.1. The molecule has 2 aliphatic rings. The molecule has 8 heteroatoms. The summed E-state index contributed by atoms with van der Waals surface area (Å²) in [5.41, 5.74) is 1.92. The number of nitro groups is 1. The van der Waals surface area contributed by atoms with Gasteiger partial charge in [-0.2, -0.15) is 5.10 Å². The van der Waals surface area contributed by atoms with Crippen LogP contribution in [-0.4, -0.2) is 15.6 Å². The second-order valence-corrected chi connectivity index (χ2v) is 8.54. The number of thiophene rings is 1. The van der Waals surface area contributed by atoms with Crippen LogP contribution in [0.15, 0.2) is 65.1 Å². The van der Waals surface area contributed by atoms with Gasteiger partial charge < -0.3 is 4.74 Å². The number of hydrazone groups is 1. The molecule has 2 aliphatic heterocycles. The third-order valence-electron chi connectivity index (χ3n) is 5.41. The van der Waals surface area contributed by atoms with Crippen LogP contribution in [-0.2, 0) is 5.72 Å². The number of fused-ring (bicyclic) bond motifs is 3. The standard InChI is InChI=1S/C21H16ClN3O3S/c1-21(13-4-7-15(8-5-13)25(26)27)24-18(12-17(23-24)20-3-2-10-29-20)16-11-14(22)6-9-19(16)28-21/h2-11,18H,12H2,1H3/t18-,21-/m1/s1. The highest BCUT2D eigenvalue weighted by molar-refractivity contribution is 7.12. The first-order valence-corrected chi connectivity index (χ1v) is 10.4. The van der Waals surface area contributed by atoms with E-state index in [0.717, 1.165) is 33.9 Å². The van der Waals surface area contributed by atoms with Gasteiger partial charge in [-0.25, -0.2) is 5.01 Å². The van der Waals surface area contributed by atoms with Crippen molar-refractivity contribution in [2.24, 2.45) is 5.10 Å². The maximum Gasteiger partial charge on any atom is 0.269 e. The van der Waals surface area contributed by atoms with E-state index in [4.69, 9.17) is 21.4 Å². The topological polar surface area (TPSA) is 68.0 Å². The van der Waals surface area contributed by atoms with Crippen molar-refractivity contribution in [3.05, 3.63) is 91.1 Å². The number of nitro benzene ring substituents is 1. The zero-order valence-electron chi connectivity index (χ0n) is 15.4. The molecule has 0 aliphatic carbocycles. The summed E-state index contributed by atoms with van der Waals surface area (Å²) in [6.45, 7) is 1.94. The van der Waals surface area contributed by atoms with Gasteiger partial charge in [0, 0.05) is 41.6 Å². The first-order chi connectivity index (χ1) is 14.0. The van der Waals surface area contributed by atoms with Gasteiger partial charge >= 0.3 is 0 Å². The molecule has 29 heavy (non-hydrogen) atoms. The van der Waals surface area contributed by atoms with Crippen molar-refractivity contribution in [3.8, 4) is 5.75 Å². The Kier molecular flexibility index (Phi) is 4.11. The van der Waals surface area contributed by atoms with E-state index in [9.17, 15) is 10.1 Å². The molecule has 146 valence electrons. The van der Waals surface area contributed by atoms with E-state index in [1.165, 1.54) is 12.1 Å². The Hall–Kier alpha value is -2.90. The molecule has 5 rings (SSSR count). The lowest BCUT2D eigenvalue weighted by Gasteiger charge is -2.46. The van der Waals surface area contributed by atoms with Crippen molar-refractivity contribution in [1.29, 1.82) is 0 Å². The number of rotatable bonds is 3. The maximum atomic E-state index is 11.1. The van der Waals surface area contributed by atoms with Crippen molar-refractivity contribution < 1.29 is 9.66 Å². The molecule has 0 bridgehead atoms. The number of non-ortho nitro benzene ring substituents is 1. The van der Waals surface area contributed by atoms with E-state index in [2.05, 4.69) is 6.07 Å². The van der Waals surface area contributed by atoms with Gasteiger partial charge in [-0.05, 0) is 41.8 Å². The predicted octanol–water partition coefficient (Wildman–Crippen LogP) is 5.73. The molecule has 6 nitrogen and oxygen atoms in total. The smallest absolute Gasteiger partial charge is 0.269 e. The number of ether oxygens (including phenoxy) is 1. The Morgan fingerprint density at radius 2 is 2.07 bits per heavy atom. The second-order valence-electron chi connectivity index (χ2n) is 7.16. The average Bonchev–Trinajstić information content (AvgIpc) is 3.39. The van der Waals surface area contributed by atoms with Gasteiger partial charge in [0.2, 0.25) is 5.72 Å². The number of nitrogens with zero attached hydrogens (tertiary/aromatic N) is 3. The van der Waals surface area contributed by atoms with Gasteiger partial charge in [-0.1, -0.05) is 17.7 Å². The lowest BCUT2D eigenvalue weighted by atomic mass is 9.93. The summed E-state index contributed by atoms with van der Waals surface area (Å²) < 4.78 is 6.43. The van der Waals surface area contributed by atoms with Crippen molar-refractivity contribution in [2.45, 2.75) is 25.1 Å². The first-order valence-electron chi connectivity index (χ1n) is 9.10. The minimum absolute atomic E-state index is 0.0326. The molecule has 3 aromatic rings. The Morgan fingerprint density at radius 3 is 2.76 bits per heavy atom. The molecule has 2 aromatic carbocycles. The molecule has 2 atom stereocenters. The summed E-state index contributed by atoms with van der Waals surface area (Å²) in [4.78, 5) is 11.8. The normalized spacial score (nSPS) is 22.5. The van der Waals surface area contributed by atoms with Gasteiger partial charge in [0.15, 0.2) is 0 Å². The molecule has 0 amide bonds. The number of benzene rings is 2. The van der Waals surface area contributed by atoms with E-state index < -0.39 is 10.6 Å². The largest absolute Gasteiger partial charge is 0.462 e. The van der Waals surface area contributed by atoms with E-state index in [1.807, 2.05) is 41.6 Å². The highest BCUT2D eigenvalue weighted by Crippen LogP contribution is 2.51. The van der Waals surface area contributed by atoms with Crippen LogP contribution >= 0.6 is 22.9 Å². The average molecular weight is 426 g/mol. The Balaban J connectivity index is 1.64. The molecule has 0 saturated carbocycles. The van der Waals surface area contributed by atoms with E-state index in [-0.39, 0.29) is 11.7 Å². The Labute approximate surface area is 176 Å². The molecule has 0 spiro atoms. The predicted molar refractivity (Wildman–Crippen MR) is 113 cm³/mol. The summed E-state index contributed by atoms with van der Waals surface area (Å²) in [5.74, 6) is 0.749. The molecule has 3 heterocycles. The van der Waals surface area contributed by atoms with Crippen LogP contribution in [0.25, 0.3) is 0 Å². The third-order valence-corrected chi connectivity index (χ3v) is 6.56. The molecule has 1 aromatic heterocycles. The van der Waals surface area contributed by atoms with E-state index in [1.54, 1.807) is 23.5 Å². The molecule has 0 radical (unpaired) electrons. The fourth-order valence-corrected chi connectivity index (χ4v) is 4.86. The van der Waals surface area contributed by atoms with E-state index in [0.29, 0.717) is 5.02 Å². The molecular formula is C21H16ClN3O3S. The fourth-order valence-electron chi connectivity index (χ4n) is 3.95. The van der Waals surface area contributed by atoms with Crippen molar-refractivity contribution in [2.75, 3.05) is 0 Å². The second kappa shape index (κ2) is 6.57. The number of hydrogen-bond donors (Lipinski definition) is 0. The molecule has 0 unspecified atom stereocenters. The van der Waals surface area contributed by atoms with Gasteiger partial charge in [-0.15, -0.1) is 11.3 Å². The Morgan fingerprint density at radius 1 is 1.28 bits per heavy atom. The van der Waals surface area contributed by atoms with Crippen LogP contribution in [0.5, 0.6) is 5.75 Å². The van der Waals surface area contributed by atoms with Gasteiger partial charge in [0.25, 0.3) is 5.69 Å². The Bertz CT molecular complexity index is 1130. The summed E-state index contributed by atoms with van der Waals surface area (Å²) in [6, 6.07) is 16.1. The van der Waals surface area contributed by atoms with Crippen LogP contribution in [0.3, 0.4) is 0 Å². The lowest BCUT2D eigenvalue weighted by Crippen LogP contribution is -2.48.